The lowest BCUT2D eigenvalue weighted by molar-refractivity contribution is -0.139. The van der Waals surface area contributed by atoms with Gasteiger partial charge in [-0.2, -0.15) is 13.2 Å². The lowest BCUT2D eigenvalue weighted by Crippen LogP contribution is -2.17. The van der Waals surface area contributed by atoms with Gasteiger partial charge in [-0.15, -0.1) is 0 Å². The Balaban J connectivity index is 2.48. The molecule has 0 saturated carbocycles. The van der Waals surface area contributed by atoms with Gasteiger partial charge in [-0.3, -0.25) is 0 Å². The number of hydrogen-bond donors (Lipinski definition) is 1. The normalized spacial score (nSPS) is 11.6. The number of aromatic nitrogens is 1. The lowest BCUT2D eigenvalue weighted by Gasteiger charge is -2.11. The van der Waals surface area contributed by atoms with Gasteiger partial charge in [0.2, 0.25) is 5.88 Å². The van der Waals surface area contributed by atoms with E-state index in [0.29, 0.717) is 6.54 Å². The number of alkyl halides is 3. The van der Waals surface area contributed by atoms with Gasteiger partial charge in [-0.05, 0) is 19.0 Å². The van der Waals surface area contributed by atoms with Crippen LogP contribution < -0.4 is 10.1 Å². The number of nitrogens with one attached hydrogen (secondary N) is 1. The Morgan fingerprint density at radius 3 is 2.83 bits per heavy atom. The highest BCUT2D eigenvalue weighted by molar-refractivity contribution is 5.25. The zero-order valence-corrected chi connectivity index (χ0v) is 10.3. The third kappa shape index (κ3) is 5.86. The fourth-order valence-corrected chi connectivity index (χ4v) is 1.35. The van der Waals surface area contributed by atoms with Gasteiger partial charge in [0.15, 0.2) is 0 Å². The van der Waals surface area contributed by atoms with E-state index in [9.17, 15) is 13.2 Å². The molecule has 1 aromatic heterocycles. The first kappa shape index (κ1) is 14.8. The molecule has 1 heterocycles. The maximum Gasteiger partial charge on any atom is 0.392 e. The van der Waals surface area contributed by atoms with Crippen molar-refractivity contribution >= 4 is 0 Å². The Morgan fingerprint density at radius 2 is 2.17 bits per heavy atom. The standard InChI is InChI=1S/C12H17F3N2O/c1-2-6-16-9-10-4-3-7-17-11(10)18-8-5-12(13,14)15/h3-4,7,16H,2,5-6,8-9H2,1H3. The van der Waals surface area contributed by atoms with Crippen molar-refractivity contribution in [3.05, 3.63) is 23.9 Å². The average molecular weight is 262 g/mol. The summed E-state index contributed by atoms with van der Waals surface area (Å²) < 4.78 is 41.1. The van der Waals surface area contributed by atoms with Crippen LogP contribution in [-0.4, -0.2) is 24.3 Å². The van der Waals surface area contributed by atoms with Crippen molar-refractivity contribution in [2.24, 2.45) is 0 Å². The predicted octanol–water partition coefficient (Wildman–Crippen LogP) is 2.91. The molecule has 1 rings (SSSR count). The van der Waals surface area contributed by atoms with E-state index in [1.807, 2.05) is 6.92 Å². The predicted molar refractivity (Wildman–Crippen MR) is 62.4 cm³/mol. The van der Waals surface area contributed by atoms with E-state index in [1.165, 1.54) is 6.20 Å². The Bertz CT molecular complexity index is 355. The first-order valence-electron chi connectivity index (χ1n) is 5.87. The number of nitrogens with zero attached hydrogens (tertiary/aromatic N) is 1. The minimum Gasteiger partial charge on any atom is -0.477 e. The quantitative estimate of drug-likeness (QED) is 0.767. The van der Waals surface area contributed by atoms with E-state index in [1.54, 1.807) is 12.1 Å². The Kier molecular flexibility index (Phi) is 5.91. The number of pyridine rings is 1. The highest BCUT2D eigenvalue weighted by Gasteiger charge is 2.27. The Morgan fingerprint density at radius 1 is 1.39 bits per heavy atom. The third-order valence-corrected chi connectivity index (χ3v) is 2.22. The van der Waals surface area contributed by atoms with Crippen LogP contribution in [0, 0.1) is 0 Å². The van der Waals surface area contributed by atoms with E-state index in [2.05, 4.69) is 10.3 Å². The molecular weight excluding hydrogens is 245 g/mol. The van der Waals surface area contributed by atoms with Gasteiger partial charge >= 0.3 is 6.18 Å². The lowest BCUT2D eigenvalue weighted by atomic mass is 10.2. The smallest absolute Gasteiger partial charge is 0.392 e. The SMILES string of the molecule is CCCNCc1cccnc1OCCC(F)(F)F. The van der Waals surface area contributed by atoms with Crippen LogP contribution in [0.3, 0.4) is 0 Å². The summed E-state index contributed by atoms with van der Waals surface area (Å²) in [5.41, 5.74) is 0.771. The van der Waals surface area contributed by atoms with Crippen LogP contribution >= 0.6 is 0 Å². The monoisotopic (exact) mass is 262 g/mol. The van der Waals surface area contributed by atoms with E-state index in [-0.39, 0.29) is 5.88 Å². The number of ether oxygens (including phenoxy) is 1. The van der Waals surface area contributed by atoms with Gasteiger partial charge in [0.05, 0.1) is 13.0 Å². The van der Waals surface area contributed by atoms with E-state index in [0.717, 1.165) is 18.5 Å². The molecule has 1 N–H and O–H groups in total. The van der Waals surface area contributed by atoms with Gasteiger partial charge in [0, 0.05) is 18.3 Å². The first-order chi connectivity index (χ1) is 8.53. The van der Waals surface area contributed by atoms with Crippen LogP contribution in [0.1, 0.15) is 25.3 Å². The van der Waals surface area contributed by atoms with Crippen LogP contribution in [0.15, 0.2) is 18.3 Å². The molecule has 0 spiro atoms. The third-order valence-electron chi connectivity index (χ3n) is 2.22. The van der Waals surface area contributed by atoms with E-state index >= 15 is 0 Å². The van der Waals surface area contributed by atoms with Crippen LogP contribution in [0.2, 0.25) is 0 Å². The number of halogens is 3. The molecule has 18 heavy (non-hydrogen) atoms. The number of rotatable bonds is 7. The molecule has 0 atom stereocenters. The molecule has 0 aromatic carbocycles. The fraction of sp³-hybridized carbons (Fsp3) is 0.583. The summed E-state index contributed by atoms with van der Waals surface area (Å²) in [7, 11) is 0. The summed E-state index contributed by atoms with van der Waals surface area (Å²) in [6.45, 7) is 3.03. The fourth-order valence-electron chi connectivity index (χ4n) is 1.35. The molecule has 0 amide bonds. The molecule has 0 saturated heterocycles. The second-order valence-corrected chi connectivity index (χ2v) is 3.86. The highest BCUT2D eigenvalue weighted by atomic mass is 19.4. The van der Waals surface area contributed by atoms with Crippen molar-refractivity contribution in [3.8, 4) is 5.88 Å². The van der Waals surface area contributed by atoms with Crippen LogP contribution in [-0.2, 0) is 6.54 Å². The zero-order chi connectivity index (χ0) is 13.4. The van der Waals surface area contributed by atoms with Crippen LogP contribution in [0.4, 0.5) is 13.2 Å². The molecule has 0 unspecified atom stereocenters. The topological polar surface area (TPSA) is 34.2 Å². The van der Waals surface area contributed by atoms with Crippen molar-refractivity contribution in [1.29, 1.82) is 0 Å². The number of hydrogen-bond acceptors (Lipinski definition) is 3. The van der Waals surface area contributed by atoms with Gasteiger partial charge in [-0.25, -0.2) is 4.98 Å². The first-order valence-corrected chi connectivity index (χ1v) is 5.87. The van der Waals surface area contributed by atoms with Crippen molar-refractivity contribution in [2.45, 2.75) is 32.5 Å². The van der Waals surface area contributed by atoms with E-state index in [4.69, 9.17) is 4.74 Å². The Hall–Kier alpha value is -1.30. The summed E-state index contributed by atoms with van der Waals surface area (Å²) >= 11 is 0. The molecule has 0 bridgehead atoms. The molecule has 3 nitrogen and oxygen atoms in total. The molecule has 6 heteroatoms. The van der Waals surface area contributed by atoms with E-state index < -0.39 is 19.2 Å². The molecule has 0 radical (unpaired) electrons. The maximum atomic E-state index is 12.0. The molecule has 0 aliphatic carbocycles. The largest absolute Gasteiger partial charge is 0.477 e. The summed E-state index contributed by atoms with van der Waals surface area (Å²) in [5.74, 6) is 0.269. The zero-order valence-electron chi connectivity index (χ0n) is 10.3. The molecular formula is C12H17F3N2O. The van der Waals surface area contributed by atoms with Gasteiger partial charge in [0.1, 0.15) is 0 Å². The molecule has 0 aliphatic heterocycles. The molecule has 0 aliphatic rings. The summed E-state index contributed by atoms with van der Waals surface area (Å²) in [5, 5.41) is 3.16. The summed E-state index contributed by atoms with van der Waals surface area (Å²) in [4.78, 5) is 3.95. The van der Waals surface area contributed by atoms with Crippen molar-refractivity contribution in [1.82, 2.24) is 10.3 Å². The van der Waals surface area contributed by atoms with Crippen molar-refractivity contribution < 1.29 is 17.9 Å². The second kappa shape index (κ2) is 7.20. The molecule has 0 fully saturated rings. The van der Waals surface area contributed by atoms with Gasteiger partial charge in [0.25, 0.3) is 0 Å². The minimum atomic E-state index is -4.20. The molecule has 1 aromatic rings. The summed E-state index contributed by atoms with van der Waals surface area (Å²) in [6.07, 6.45) is -2.67. The maximum absolute atomic E-state index is 12.0. The van der Waals surface area contributed by atoms with Gasteiger partial charge in [-0.1, -0.05) is 13.0 Å². The van der Waals surface area contributed by atoms with Crippen molar-refractivity contribution in [2.75, 3.05) is 13.2 Å². The summed E-state index contributed by atoms with van der Waals surface area (Å²) in [6, 6.07) is 3.53. The van der Waals surface area contributed by atoms with Crippen LogP contribution in [0.25, 0.3) is 0 Å². The Labute approximate surface area is 104 Å². The minimum absolute atomic E-state index is 0.269. The highest BCUT2D eigenvalue weighted by Crippen LogP contribution is 2.21. The molecule has 102 valence electrons. The average Bonchev–Trinajstić information content (AvgIpc) is 2.30. The van der Waals surface area contributed by atoms with Crippen molar-refractivity contribution in [3.63, 3.8) is 0 Å². The van der Waals surface area contributed by atoms with Gasteiger partial charge < -0.3 is 10.1 Å². The second-order valence-electron chi connectivity index (χ2n) is 3.86. The van der Waals surface area contributed by atoms with Crippen LogP contribution in [0.5, 0.6) is 5.88 Å².